The number of nitrogens with one attached hydrogen (secondary N) is 3. The van der Waals surface area contributed by atoms with Crippen molar-refractivity contribution in [1.29, 1.82) is 0 Å². The molecule has 0 atom stereocenters. The van der Waals surface area contributed by atoms with Crippen LogP contribution >= 0.6 is 11.3 Å². The molecular formula is C19H15N5O2S. The number of nitrogens with zero attached hydrogens (tertiary/aromatic N) is 2. The Morgan fingerprint density at radius 3 is 2.48 bits per heavy atom. The minimum Gasteiger partial charge on any atom is -0.357 e. The first-order chi connectivity index (χ1) is 13.2. The third-order valence-electron chi connectivity index (χ3n) is 3.87. The van der Waals surface area contributed by atoms with Crippen molar-refractivity contribution >= 4 is 23.2 Å². The number of H-pyrrole nitrogens is 1. The molecule has 0 spiro atoms. The van der Waals surface area contributed by atoms with Crippen LogP contribution in [0.4, 0.5) is 0 Å². The van der Waals surface area contributed by atoms with Gasteiger partial charge in [0, 0.05) is 12.4 Å². The van der Waals surface area contributed by atoms with E-state index in [0.717, 1.165) is 10.6 Å². The molecule has 4 rings (SSSR count). The Hall–Kier alpha value is -3.65. The van der Waals surface area contributed by atoms with Crippen molar-refractivity contribution in [3.63, 3.8) is 0 Å². The number of para-hydroxylation sites is 1. The van der Waals surface area contributed by atoms with Crippen LogP contribution in [0.5, 0.6) is 0 Å². The number of hydrogen-bond donors (Lipinski definition) is 3. The summed E-state index contributed by atoms with van der Waals surface area (Å²) < 4.78 is 1.65. The molecular weight excluding hydrogens is 362 g/mol. The van der Waals surface area contributed by atoms with Gasteiger partial charge >= 0.3 is 0 Å². The summed E-state index contributed by atoms with van der Waals surface area (Å²) in [6.07, 6.45) is 3.29. The van der Waals surface area contributed by atoms with Crippen molar-refractivity contribution in [2.45, 2.75) is 0 Å². The van der Waals surface area contributed by atoms with Gasteiger partial charge in [-0.05, 0) is 35.7 Å². The third kappa shape index (κ3) is 3.51. The molecule has 2 amide bonds. The number of carbonyl (C=O) groups is 2. The van der Waals surface area contributed by atoms with Gasteiger partial charge in [0.15, 0.2) is 0 Å². The molecule has 0 unspecified atom stereocenters. The van der Waals surface area contributed by atoms with Gasteiger partial charge in [-0.2, -0.15) is 5.10 Å². The summed E-state index contributed by atoms with van der Waals surface area (Å²) in [7, 11) is 0. The molecule has 4 aromatic rings. The molecule has 0 fully saturated rings. The zero-order valence-electron chi connectivity index (χ0n) is 14.0. The van der Waals surface area contributed by atoms with Crippen molar-refractivity contribution in [2.24, 2.45) is 0 Å². The van der Waals surface area contributed by atoms with Crippen LogP contribution in [0, 0.1) is 0 Å². The zero-order chi connectivity index (χ0) is 18.6. The van der Waals surface area contributed by atoms with E-state index in [1.807, 2.05) is 47.8 Å². The minimum absolute atomic E-state index is 0.355. The highest BCUT2D eigenvalue weighted by Gasteiger charge is 2.20. The van der Waals surface area contributed by atoms with Gasteiger partial charge < -0.3 is 4.98 Å². The van der Waals surface area contributed by atoms with E-state index in [9.17, 15) is 9.59 Å². The van der Waals surface area contributed by atoms with Gasteiger partial charge in [0.05, 0.1) is 16.1 Å². The topological polar surface area (TPSA) is 91.8 Å². The highest BCUT2D eigenvalue weighted by Crippen LogP contribution is 2.27. The van der Waals surface area contributed by atoms with Gasteiger partial charge in [0.25, 0.3) is 11.8 Å². The second kappa shape index (κ2) is 7.30. The summed E-state index contributed by atoms with van der Waals surface area (Å²) in [4.78, 5) is 28.3. The van der Waals surface area contributed by atoms with E-state index in [-0.39, 0.29) is 0 Å². The number of benzene rings is 1. The summed E-state index contributed by atoms with van der Waals surface area (Å²) in [5.41, 5.74) is 6.97. The molecule has 0 bridgehead atoms. The first-order valence-electron chi connectivity index (χ1n) is 8.15. The van der Waals surface area contributed by atoms with E-state index < -0.39 is 11.8 Å². The van der Waals surface area contributed by atoms with Crippen LogP contribution in [-0.2, 0) is 0 Å². The van der Waals surface area contributed by atoms with E-state index in [4.69, 9.17) is 0 Å². The molecule has 134 valence electrons. The Labute approximate surface area is 158 Å². The first-order valence-corrected chi connectivity index (χ1v) is 9.03. The Bertz CT molecular complexity index is 1050. The highest BCUT2D eigenvalue weighted by atomic mass is 32.1. The van der Waals surface area contributed by atoms with Gasteiger partial charge in [-0.25, -0.2) is 4.68 Å². The summed E-state index contributed by atoms with van der Waals surface area (Å²) in [5, 5.41) is 6.49. The van der Waals surface area contributed by atoms with Crippen LogP contribution in [0.25, 0.3) is 16.3 Å². The minimum atomic E-state index is -0.444. The molecule has 1 aromatic carbocycles. The largest absolute Gasteiger partial charge is 0.357 e. The summed E-state index contributed by atoms with van der Waals surface area (Å²) in [6.45, 7) is 0. The fourth-order valence-electron chi connectivity index (χ4n) is 2.57. The molecule has 3 N–H and O–H groups in total. The third-order valence-corrected chi connectivity index (χ3v) is 4.74. The number of aromatic nitrogens is 3. The number of carbonyl (C=O) groups excluding carboxylic acids is 2. The lowest BCUT2D eigenvalue weighted by Crippen LogP contribution is -2.41. The lowest BCUT2D eigenvalue weighted by molar-refractivity contribution is 0.0844. The van der Waals surface area contributed by atoms with Crippen LogP contribution in [-0.4, -0.2) is 26.6 Å². The average Bonchev–Trinajstić information content (AvgIpc) is 3.47. The number of hydrogen-bond acceptors (Lipinski definition) is 4. The van der Waals surface area contributed by atoms with Crippen LogP contribution in [0.15, 0.2) is 72.4 Å². The van der Waals surface area contributed by atoms with Gasteiger partial charge in [0.2, 0.25) is 0 Å². The number of amides is 2. The number of thiophene rings is 1. The predicted octanol–water partition coefficient (Wildman–Crippen LogP) is 3.00. The predicted molar refractivity (Wildman–Crippen MR) is 103 cm³/mol. The number of aromatic amines is 1. The standard InChI is InChI=1S/C19H15N5O2S/c25-18(21-22-19(26)15-8-4-10-20-15)14-12-24(13-6-2-1-3-7-13)23-17(14)16-9-5-11-27-16/h1-12,20H,(H,21,25)(H,22,26). The molecule has 27 heavy (non-hydrogen) atoms. The fourth-order valence-corrected chi connectivity index (χ4v) is 3.29. The lowest BCUT2D eigenvalue weighted by atomic mass is 10.2. The number of hydrazine groups is 1. The van der Waals surface area contributed by atoms with Crippen molar-refractivity contribution in [1.82, 2.24) is 25.6 Å². The van der Waals surface area contributed by atoms with Crippen LogP contribution in [0.1, 0.15) is 20.8 Å². The lowest BCUT2D eigenvalue weighted by Gasteiger charge is -2.06. The zero-order valence-corrected chi connectivity index (χ0v) is 14.9. The van der Waals surface area contributed by atoms with Crippen molar-refractivity contribution in [2.75, 3.05) is 0 Å². The second-order valence-corrected chi connectivity index (χ2v) is 6.59. The molecule has 7 nitrogen and oxygen atoms in total. The Balaban J connectivity index is 1.61. The normalized spacial score (nSPS) is 10.5. The summed E-state index contributed by atoms with van der Waals surface area (Å²) >= 11 is 1.49. The van der Waals surface area contributed by atoms with Crippen molar-refractivity contribution in [3.8, 4) is 16.3 Å². The highest BCUT2D eigenvalue weighted by molar-refractivity contribution is 7.13. The quantitative estimate of drug-likeness (QED) is 0.478. The molecule has 0 saturated carbocycles. The van der Waals surface area contributed by atoms with Crippen LogP contribution < -0.4 is 10.9 Å². The first kappa shape index (κ1) is 16.8. The van der Waals surface area contributed by atoms with E-state index in [1.54, 1.807) is 29.2 Å². The van der Waals surface area contributed by atoms with Gasteiger partial charge in [0.1, 0.15) is 11.4 Å². The van der Waals surface area contributed by atoms with E-state index in [0.29, 0.717) is 17.0 Å². The maximum Gasteiger partial charge on any atom is 0.286 e. The Morgan fingerprint density at radius 1 is 0.963 bits per heavy atom. The molecule has 0 saturated heterocycles. The van der Waals surface area contributed by atoms with E-state index >= 15 is 0 Å². The maximum atomic E-state index is 12.7. The monoisotopic (exact) mass is 377 g/mol. The van der Waals surface area contributed by atoms with Crippen molar-refractivity contribution in [3.05, 3.63) is 83.6 Å². The average molecular weight is 377 g/mol. The van der Waals surface area contributed by atoms with E-state index in [1.165, 1.54) is 11.3 Å². The SMILES string of the molecule is O=C(NNC(=O)c1cn(-c2ccccc2)nc1-c1cccs1)c1ccc[nH]1. The summed E-state index contributed by atoms with van der Waals surface area (Å²) in [5.74, 6) is -0.873. The van der Waals surface area contributed by atoms with Gasteiger partial charge in [-0.15, -0.1) is 11.3 Å². The second-order valence-electron chi connectivity index (χ2n) is 5.64. The smallest absolute Gasteiger partial charge is 0.286 e. The Morgan fingerprint density at radius 2 is 1.78 bits per heavy atom. The molecule has 0 radical (unpaired) electrons. The fraction of sp³-hybridized carbons (Fsp3) is 0. The maximum absolute atomic E-state index is 12.7. The molecule has 0 aliphatic rings. The molecule has 3 aromatic heterocycles. The molecule has 8 heteroatoms. The van der Waals surface area contributed by atoms with Gasteiger partial charge in [-0.1, -0.05) is 24.3 Å². The van der Waals surface area contributed by atoms with Crippen LogP contribution in [0.2, 0.25) is 0 Å². The van der Waals surface area contributed by atoms with Gasteiger partial charge in [-0.3, -0.25) is 20.4 Å². The molecule has 0 aliphatic heterocycles. The molecule has 0 aliphatic carbocycles. The Kier molecular flexibility index (Phi) is 4.54. The summed E-state index contributed by atoms with van der Waals surface area (Å²) in [6, 6.07) is 16.6. The van der Waals surface area contributed by atoms with Crippen molar-refractivity contribution < 1.29 is 9.59 Å². The molecule has 3 heterocycles. The van der Waals surface area contributed by atoms with Crippen LogP contribution in [0.3, 0.4) is 0 Å². The van der Waals surface area contributed by atoms with E-state index in [2.05, 4.69) is 20.9 Å². The number of rotatable bonds is 4.